The monoisotopic (exact) mass is 212 g/mol. The summed E-state index contributed by atoms with van der Waals surface area (Å²) in [6.07, 6.45) is 5.66. The molecule has 0 spiro atoms. The molecule has 2 aliphatic rings. The third kappa shape index (κ3) is 2.44. The van der Waals surface area contributed by atoms with Gasteiger partial charge in [-0.3, -0.25) is 4.99 Å². The second-order valence-corrected chi connectivity index (χ2v) is 5.58. The van der Waals surface area contributed by atoms with Crippen LogP contribution in [-0.4, -0.2) is 23.0 Å². The van der Waals surface area contributed by atoms with E-state index in [0.29, 0.717) is 12.1 Å². The van der Waals surface area contributed by atoms with Crippen molar-refractivity contribution in [2.45, 2.75) is 51.6 Å². The van der Waals surface area contributed by atoms with Gasteiger partial charge in [-0.25, -0.2) is 0 Å². The highest BCUT2D eigenvalue weighted by Crippen LogP contribution is 2.28. The van der Waals surface area contributed by atoms with Crippen LogP contribution in [0.3, 0.4) is 0 Å². The summed E-state index contributed by atoms with van der Waals surface area (Å²) >= 11 is 1.88. The van der Waals surface area contributed by atoms with Crippen LogP contribution in [0.5, 0.6) is 0 Å². The molecule has 0 aromatic rings. The summed E-state index contributed by atoms with van der Waals surface area (Å²) in [4.78, 5) is 4.57. The van der Waals surface area contributed by atoms with Crippen LogP contribution in [0.1, 0.15) is 39.5 Å². The van der Waals surface area contributed by atoms with Gasteiger partial charge in [-0.15, -0.1) is 0 Å². The highest BCUT2D eigenvalue weighted by molar-refractivity contribution is 8.14. The van der Waals surface area contributed by atoms with Crippen molar-refractivity contribution >= 4 is 16.9 Å². The standard InChI is InChI=1S/C11H20N2S/c1-8-7-14-11(12-8)13-9(2)10-5-3-4-6-10/h8-10H,3-7H2,1-2H3,(H,12,13). The summed E-state index contributed by atoms with van der Waals surface area (Å²) in [5, 5.41) is 4.74. The zero-order chi connectivity index (χ0) is 9.97. The molecule has 1 heterocycles. The van der Waals surface area contributed by atoms with Crippen molar-refractivity contribution in [2.75, 3.05) is 5.75 Å². The number of rotatable bonds is 2. The van der Waals surface area contributed by atoms with E-state index in [4.69, 9.17) is 0 Å². The van der Waals surface area contributed by atoms with Crippen LogP contribution in [0.25, 0.3) is 0 Å². The Morgan fingerprint density at radius 2 is 2.14 bits per heavy atom. The SMILES string of the molecule is CC1CSC(NC(C)C2CCCC2)=N1. The Labute approximate surface area is 90.9 Å². The van der Waals surface area contributed by atoms with Crippen molar-refractivity contribution in [3.8, 4) is 0 Å². The minimum absolute atomic E-state index is 0.512. The van der Waals surface area contributed by atoms with E-state index in [9.17, 15) is 0 Å². The molecule has 2 rings (SSSR count). The maximum atomic E-state index is 4.57. The van der Waals surface area contributed by atoms with Gasteiger partial charge in [0.05, 0.1) is 6.04 Å². The van der Waals surface area contributed by atoms with Gasteiger partial charge in [0, 0.05) is 11.8 Å². The molecule has 0 bridgehead atoms. The lowest BCUT2D eigenvalue weighted by atomic mass is 10.0. The first kappa shape index (κ1) is 10.3. The molecule has 3 heteroatoms. The average Bonchev–Trinajstić information content (AvgIpc) is 2.75. The molecule has 1 N–H and O–H groups in total. The van der Waals surface area contributed by atoms with Crippen LogP contribution >= 0.6 is 11.8 Å². The Kier molecular flexibility index (Phi) is 3.37. The summed E-state index contributed by atoms with van der Waals surface area (Å²) in [6.45, 7) is 4.49. The molecule has 0 amide bonds. The fraction of sp³-hybridized carbons (Fsp3) is 0.909. The Morgan fingerprint density at radius 3 is 2.71 bits per heavy atom. The Morgan fingerprint density at radius 1 is 1.43 bits per heavy atom. The first-order valence-electron chi connectivity index (χ1n) is 5.73. The number of thioether (sulfide) groups is 1. The van der Waals surface area contributed by atoms with Crippen LogP contribution in [0, 0.1) is 5.92 Å². The number of nitrogens with one attached hydrogen (secondary N) is 1. The van der Waals surface area contributed by atoms with Crippen LogP contribution in [0.2, 0.25) is 0 Å². The van der Waals surface area contributed by atoms with E-state index < -0.39 is 0 Å². The molecule has 1 aliphatic heterocycles. The predicted octanol–water partition coefficient (Wildman–Crippen LogP) is 2.65. The lowest BCUT2D eigenvalue weighted by molar-refractivity contribution is 0.428. The lowest BCUT2D eigenvalue weighted by Gasteiger charge is -2.20. The third-order valence-corrected chi connectivity index (χ3v) is 4.40. The number of hydrogen-bond acceptors (Lipinski definition) is 3. The highest BCUT2D eigenvalue weighted by Gasteiger charge is 2.23. The topological polar surface area (TPSA) is 24.4 Å². The Balaban J connectivity index is 1.81. The maximum Gasteiger partial charge on any atom is 0.157 e. The summed E-state index contributed by atoms with van der Waals surface area (Å²) < 4.78 is 0. The maximum absolute atomic E-state index is 4.57. The molecule has 1 aliphatic carbocycles. The molecule has 1 fully saturated rings. The van der Waals surface area contributed by atoms with Gasteiger partial charge in [0.25, 0.3) is 0 Å². The van der Waals surface area contributed by atoms with Gasteiger partial charge < -0.3 is 5.32 Å². The zero-order valence-corrected chi connectivity index (χ0v) is 9.94. The number of aliphatic imine (C=N–C) groups is 1. The first-order chi connectivity index (χ1) is 6.75. The second kappa shape index (κ2) is 4.56. The minimum atomic E-state index is 0.512. The molecule has 0 aromatic heterocycles. The van der Waals surface area contributed by atoms with Gasteiger partial charge in [0.15, 0.2) is 5.17 Å². The predicted molar refractivity (Wildman–Crippen MR) is 63.9 cm³/mol. The molecular formula is C11H20N2S. The van der Waals surface area contributed by atoms with Crippen LogP contribution in [0.15, 0.2) is 4.99 Å². The van der Waals surface area contributed by atoms with Gasteiger partial charge in [0.1, 0.15) is 0 Å². The normalized spacial score (nSPS) is 30.4. The van der Waals surface area contributed by atoms with E-state index in [1.807, 2.05) is 11.8 Å². The molecule has 0 saturated heterocycles. The molecule has 0 radical (unpaired) electrons. The number of amidine groups is 1. The molecule has 2 nitrogen and oxygen atoms in total. The second-order valence-electron chi connectivity index (χ2n) is 4.57. The van der Waals surface area contributed by atoms with Crippen molar-refractivity contribution in [2.24, 2.45) is 10.9 Å². The van der Waals surface area contributed by atoms with Crippen LogP contribution < -0.4 is 5.32 Å². The van der Waals surface area contributed by atoms with Gasteiger partial charge in [-0.1, -0.05) is 24.6 Å². The lowest BCUT2D eigenvalue weighted by Crippen LogP contribution is -2.35. The number of nitrogens with zero attached hydrogens (tertiary/aromatic N) is 1. The van der Waals surface area contributed by atoms with Crippen molar-refractivity contribution in [3.63, 3.8) is 0 Å². The molecule has 1 saturated carbocycles. The van der Waals surface area contributed by atoms with Gasteiger partial charge in [0.2, 0.25) is 0 Å². The summed E-state index contributed by atoms with van der Waals surface area (Å²) in [5.41, 5.74) is 0. The number of hydrogen-bond donors (Lipinski definition) is 1. The summed E-state index contributed by atoms with van der Waals surface area (Å²) in [7, 11) is 0. The van der Waals surface area contributed by atoms with Crippen LogP contribution in [-0.2, 0) is 0 Å². The Bertz CT molecular complexity index is 221. The van der Waals surface area contributed by atoms with Gasteiger partial charge in [-0.05, 0) is 32.6 Å². The zero-order valence-electron chi connectivity index (χ0n) is 9.12. The third-order valence-electron chi connectivity index (χ3n) is 3.26. The van der Waals surface area contributed by atoms with Crippen molar-refractivity contribution < 1.29 is 0 Å². The highest BCUT2D eigenvalue weighted by atomic mass is 32.2. The first-order valence-corrected chi connectivity index (χ1v) is 6.71. The van der Waals surface area contributed by atoms with E-state index in [2.05, 4.69) is 24.2 Å². The summed E-state index contributed by atoms with van der Waals surface area (Å²) in [5.74, 6) is 2.04. The molecule has 2 unspecified atom stereocenters. The molecular weight excluding hydrogens is 192 g/mol. The largest absolute Gasteiger partial charge is 0.362 e. The van der Waals surface area contributed by atoms with Gasteiger partial charge in [-0.2, -0.15) is 0 Å². The smallest absolute Gasteiger partial charge is 0.157 e. The van der Waals surface area contributed by atoms with E-state index in [1.54, 1.807) is 0 Å². The van der Waals surface area contributed by atoms with Gasteiger partial charge >= 0.3 is 0 Å². The van der Waals surface area contributed by atoms with E-state index in [0.717, 1.165) is 11.7 Å². The molecule has 14 heavy (non-hydrogen) atoms. The minimum Gasteiger partial charge on any atom is -0.362 e. The summed E-state index contributed by atoms with van der Waals surface area (Å²) in [6, 6.07) is 1.13. The average molecular weight is 212 g/mol. The molecule has 0 aromatic carbocycles. The molecule has 2 atom stereocenters. The Hall–Kier alpha value is -0.180. The van der Waals surface area contributed by atoms with E-state index in [-0.39, 0.29) is 0 Å². The fourth-order valence-corrected chi connectivity index (χ4v) is 3.32. The van der Waals surface area contributed by atoms with Crippen molar-refractivity contribution in [3.05, 3.63) is 0 Å². The van der Waals surface area contributed by atoms with E-state index in [1.165, 1.54) is 30.9 Å². The quantitative estimate of drug-likeness (QED) is 0.761. The van der Waals surface area contributed by atoms with Crippen molar-refractivity contribution in [1.29, 1.82) is 0 Å². The van der Waals surface area contributed by atoms with E-state index >= 15 is 0 Å². The van der Waals surface area contributed by atoms with Crippen molar-refractivity contribution in [1.82, 2.24) is 5.32 Å². The van der Waals surface area contributed by atoms with Crippen LogP contribution in [0.4, 0.5) is 0 Å². The molecule has 80 valence electrons. The fourth-order valence-electron chi connectivity index (χ4n) is 2.32.